The van der Waals surface area contributed by atoms with Crippen molar-refractivity contribution in [3.63, 3.8) is 0 Å². The zero-order valence-electron chi connectivity index (χ0n) is 30.7. The number of azide groups is 1. The third-order valence-electron chi connectivity index (χ3n) is 9.75. The molecule has 0 bridgehead atoms. The summed E-state index contributed by atoms with van der Waals surface area (Å²) in [7, 11) is 0. The van der Waals surface area contributed by atoms with Crippen molar-refractivity contribution in [3.05, 3.63) is 97.7 Å². The number of benzene rings is 2. The lowest BCUT2D eigenvalue weighted by Gasteiger charge is -2.41. The number of rotatable bonds is 20. The van der Waals surface area contributed by atoms with Gasteiger partial charge in [-0.3, -0.25) is 29.5 Å². The van der Waals surface area contributed by atoms with Crippen LogP contribution in [0.1, 0.15) is 63.0 Å². The second-order valence-corrected chi connectivity index (χ2v) is 12.8. The third-order valence-corrected chi connectivity index (χ3v) is 9.75. The molecule has 0 N–H and O–H groups in total. The Labute approximate surface area is 314 Å². The van der Waals surface area contributed by atoms with Crippen molar-refractivity contribution >= 4 is 29.7 Å². The van der Waals surface area contributed by atoms with Crippen molar-refractivity contribution in [2.24, 2.45) is 16.0 Å². The molecule has 16 heteroatoms. The lowest BCUT2D eigenvalue weighted by atomic mass is 9.72. The molecule has 0 saturated carbocycles. The van der Waals surface area contributed by atoms with Crippen LogP contribution >= 0.6 is 0 Å². The standard InChI is InChI=1S/C38H46N8O8/c1-3-31-34(36(48)54-24-8-18-39)33(28-12-14-30(15-13-28)46(50)51)35(32(42-31)26-52-25-19-41-43-40)45(27-47)21-9-20-44-22-16-38(17-23-44,37(49)53-4-2)29-10-6-5-7-11-29/h5-7,10-15,27,33-34H,3-4,8-9,16-17,19-26H2,1-2H3. The summed E-state index contributed by atoms with van der Waals surface area (Å²) >= 11 is 0. The van der Waals surface area contributed by atoms with Crippen LogP contribution in [0.25, 0.3) is 10.4 Å². The topological polar surface area (TPSA) is 213 Å². The van der Waals surface area contributed by atoms with Crippen LogP contribution in [-0.2, 0) is 34.0 Å². The molecule has 2 atom stereocenters. The van der Waals surface area contributed by atoms with Crippen LogP contribution in [0.4, 0.5) is 5.69 Å². The molecule has 0 aromatic heterocycles. The van der Waals surface area contributed by atoms with Crippen LogP contribution in [0.5, 0.6) is 0 Å². The van der Waals surface area contributed by atoms with Gasteiger partial charge in [0.05, 0.1) is 54.0 Å². The van der Waals surface area contributed by atoms with Gasteiger partial charge in [0.1, 0.15) is 12.5 Å². The summed E-state index contributed by atoms with van der Waals surface area (Å²) in [6.07, 6.45) is 2.66. The largest absolute Gasteiger partial charge is 0.465 e. The van der Waals surface area contributed by atoms with Crippen molar-refractivity contribution < 1.29 is 33.5 Å². The number of nitro groups is 1. The number of hydrogen-bond donors (Lipinski definition) is 0. The molecule has 54 heavy (non-hydrogen) atoms. The SMILES string of the molecule is CCOC(=O)C1(c2ccccc2)CCN(CCCN(C=O)C2=C(COCCN=[N+]=[N-])N=C(CC)C(C(=O)OCCC#N)C2c2ccc([N+](=O)[O-])cc2)CC1. The molecule has 1 saturated heterocycles. The first-order valence-corrected chi connectivity index (χ1v) is 18.1. The maximum absolute atomic E-state index is 13.8. The fourth-order valence-corrected chi connectivity index (χ4v) is 7.10. The predicted octanol–water partition coefficient (Wildman–Crippen LogP) is 5.60. The van der Waals surface area contributed by atoms with E-state index in [1.54, 1.807) is 19.1 Å². The van der Waals surface area contributed by atoms with E-state index in [4.69, 9.17) is 30.0 Å². The molecule has 16 nitrogen and oxygen atoms in total. The molecule has 2 aromatic carbocycles. The Hall–Kier alpha value is -5.62. The van der Waals surface area contributed by atoms with E-state index in [9.17, 15) is 24.5 Å². The summed E-state index contributed by atoms with van der Waals surface area (Å²) in [4.78, 5) is 62.4. The first-order valence-electron chi connectivity index (χ1n) is 18.1. The van der Waals surface area contributed by atoms with Crippen LogP contribution in [0, 0.1) is 27.4 Å². The molecule has 2 aromatic rings. The average molecular weight is 743 g/mol. The highest BCUT2D eigenvalue weighted by atomic mass is 16.6. The van der Waals surface area contributed by atoms with Crippen molar-refractivity contribution in [1.29, 1.82) is 5.26 Å². The highest BCUT2D eigenvalue weighted by Gasteiger charge is 2.45. The summed E-state index contributed by atoms with van der Waals surface area (Å²) in [5.41, 5.74) is 10.5. The number of carbonyl (C=O) groups excluding carboxylic acids is 3. The Bertz CT molecular complexity index is 1760. The van der Waals surface area contributed by atoms with Gasteiger partial charge >= 0.3 is 11.9 Å². The van der Waals surface area contributed by atoms with Gasteiger partial charge in [0.25, 0.3) is 5.69 Å². The molecule has 4 rings (SSSR count). The Balaban J connectivity index is 1.65. The summed E-state index contributed by atoms with van der Waals surface area (Å²) in [6, 6.07) is 17.4. The van der Waals surface area contributed by atoms with Gasteiger partial charge < -0.3 is 24.0 Å². The van der Waals surface area contributed by atoms with Crippen molar-refractivity contribution in [3.8, 4) is 6.07 Å². The van der Waals surface area contributed by atoms with Gasteiger partial charge in [-0.2, -0.15) is 5.26 Å². The van der Waals surface area contributed by atoms with E-state index in [0.29, 0.717) is 81.0 Å². The molecule has 2 unspecified atom stereocenters. The molecular formula is C38H46N8O8. The highest BCUT2D eigenvalue weighted by molar-refractivity contribution is 6.05. The van der Waals surface area contributed by atoms with Gasteiger partial charge in [0.15, 0.2) is 0 Å². The minimum absolute atomic E-state index is 0.0184. The van der Waals surface area contributed by atoms with Gasteiger partial charge in [-0.1, -0.05) is 54.5 Å². The average Bonchev–Trinajstić information content (AvgIpc) is 3.19. The lowest BCUT2D eigenvalue weighted by Crippen LogP contribution is -2.48. The van der Waals surface area contributed by atoms with E-state index in [2.05, 4.69) is 14.9 Å². The van der Waals surface area contributed by atoms with E-state index in [1.807, 2.05) is 43.3 Å². The summed E-state index contributed by atoms with van der Waals surface area (Å²) in [5, 5.41) is 24.1. The number of carbonyl (C=O) groups is 3. The number of ether oxygens (including phenoxy) is 3. The van der Waals surface area contributed by atoms with Crippen LogP contribution in [0.3, 0.4) is 0 Å². The predicted molar refractivity (Wildman–Crippen MR) is 198 cm³/mol. The fourth-order valence-electron chi connectivity index (χ4n) is 7.10. The van der Waals surface area contributed by atoms with Gasteiger partial charge in [-0.25, -0.2) is 0 Å². The van der Waals surface area contributed by atoms with Crippen LogP contribution in [0.15, 0.2) is 76.1 Å². The zero-order chi connectivity index (χ0) is 38.9. The number of aliphatic imine (C=N–C) groups is 1. The maximum atomic E-state index is 13.8. The van der Waals surface area contributed by atoms with E-state index in [0.717, 1.165) is 5.56 Å². The second kappa shape index (κ2) is 20.6. The van der Waals surface area contributed by atoms with E-state index in [-0.39, 0.29) is 51.0 Å². The number of nitrogens with zero attached hydrogens (tertiary/aromatic N) is 8. The van der Waals surface area contributed by atoms with Gasteiger partial charge in [-0.05, 0) is 68.9 Å². The van der Waals surface area contributed by atoms with E-state index >= 15 is 0 Å². The smallest absolute Gasteiger partial charge is 0.316 e. The van der Waals surface area contributed by atoms with E-state index < -0.39 is 28.1 Å². The zero-order valence-corrected chi connectivity index (χ0v) is 30.7. The number of allylic oxidation sites excluding steroid dienone is 1. The Kier molecular flexibility index (Phi) is 15.7. The van der Waals surface area contributed by atoms with Crippen LogP contribution < -0.4 is 0 Å². The fraction of sp³-hybridized carbons (Fsp3) is 0.500. The molecule has 1 amide bonds. The number of piperidine rings is 1. The lowest BCUT2D eigenvalue weighted by molar-refractivity contribution is -0.384. The molecule has 286 valence electrons. The Morgan fingerprint density at radius 3 is 2.48 bits per heavy atom. The molecule has 2 aliphatic rings. The first-order chi connectivity index (χ1) is 26.2. The molecule has 0 aliphatic carbocycles. The number of nitro benzene ring substituents is 1. The molecule has 2 heterocycles. The molecule has 1 fully saturated rings. The van der Waals surface area contributed by atoms with Gasteiger partial charge in [-0.15, -0.1) is 0 Å². The Morgan fingerprint density at radius 2 is 1.87 bits per heavy atom. The highest BCUT2D eigenvalue weighted by Crippen LogP contribution is 2.42. The molecule has 2 aliphatic heterocycles. The number of nitriles is 1. The Morgan fingerprint density at radius 1 is 1.15 bits per heavy atom. The number of esters is 2. The summed E-state index contributed by atoms with van der Waals surface area (Å²) in [6.45, 7) is 5.95. The third kappa shape index (κ3) is 10.1. The molecule has 0 spiro atoms. The monoisotopic (exact) mass is 742 g/mol. The quantitative estimate of drug-likeness (QED) is 0.0239. The first kappa shape index (κ1) is 41.1. The van der Waals surface area contributed by atoms with Crippen LogP contribution in [0.2, 0.25) is 0 Å². The number of likely N-dealkylation sites (tertiary alicyclic amines) is 1. The second-order valence-electron chi connectivity index (χ2n) is 12.8. The number of amides is 1. The summed E-state index contributed by atoms with van der Waals surface area (Å²) < 4.78 is 16.9. The van der Waals surface area contributed by atoms with Crippen molar-refractivity contribution in [1.82, 2.24) is 9.80 Å². The van der Waals surface area contributed by atoms with E-state index in [1.165, 1.54) is 17.0 Å². The van der Waals surface area contributed by atoms with Gasteiger partial charge in [0, 0.05) is 41.8 Å². The molecular weight excluding hydrogens is 696 g/mol. The maximum Gasteiger partial charge on any atom is 0.316 e. The minimum atomic E-state index is -1.00. The van der Waals surface area contributed by atoms with Crippen molar-refractivity contribution in [2.45, 2.75) is 57.3 Å². The van der Waals surface area contributed by atoms with Crippen LogP contribution in [-0.4, -0.2) is 97.9 Å². The normalized spacial score (nSPS) is 18.1. The summed E-state index contributed by atoms with van der Waals surface area (Å²) in [5.74, 6) is -2.72. The van der Waals surface area contributed by atoms with Gasteiger partial charge in [0.2, 0.25) is 6.41 Å². The molecule has 0 radical (unpaired) electrons. The minimum Gasteiger partial charge on any atom is -0.465 e. The van der Waals surface area contributed by atoms with Crippen molar-refractivity contribution in [2.75, 3.05) is 59.2 Å². The number of hydrogen-bond acceptors (Lipinski definition) is 12. The number of non-ortho nitro benzene ring substituents is 1.